The molecule has 0 aromatic heterocycles. The molecular formula is C31H44FN2O3P. The van der Waals surface area contributed by atoms with Crippen molar-refractivity contribution in [1.82, 2.24) is 9.80 Å². The van der Waals surface area contributed by atoms with Gasteiger partial charge in [0.25, 0.3) is 0 Å². The van der Waals surface area contributed by atoms with Gasteiger partial charge in [-0.15, -0.1) is 0 Å². The molecule has 208 valence electrons. The highest BCUT2D eigenvalue weighted by Gasteiger charge is 2.37. The van der Waals surface area contributed by atoms with E-state index in [2.05, 4.69) is 47.2 Å². The Morgan fingerprint density at radius 2 is 1.76 bits per heavy atom. The number of nitrogens with zero attached hydrogens (tertiary/aromatic N) is 2. The molecule has 5 rings (SSSR count). The first-order valence-electron chi connectivity index (χ1n) is 14.2. The first-order valence-corrected chi connectivity index (χ1v) is 15.6. The van der Waals surface area contributed by atoms with Gasteiger partial charge in [-0.25, -0.2) is 4.39 Å². The summed E-state index contributed by atoms with van der Waals surface area (Å²) >= 11 is 0. The van der Waals surface area contributed by atoms with Crippen LogP contribution in [0.15, 0.2) is 54.6 Å². The average molecular weight is 543 g/mol. The van der Waals surface area contributed by atoms with Crippen LogP contribution < -0.4 is 5.30 Å². The van der Waals surface area contributed by atoms with Crippen molar-refractivity contribution >= 4 is 19.4 Å². The van der Waals surface area contributed by atoms with Gasteiger partial charge in [0.05, 0.1) is 8.15 Å². The molecule has 0 bridgehead atoms. The second-order valence-electron chi connectivity index (χ2n) is 11.2. The number of benzene rings is 2. The van der Waals surface area contributed by atoms with E-state index >= 15 is 0 Å². The number of likely N-dealkylation sites (tertiary alicyclic amines) is 2. The number of hydrogen-bond donors (Lipinski definition) is 1. The van der Waals surface area contributed by atoms with Gasteiger partial charge in [-0.2, -0.15) is 0 Å². The molecule has 2 saturated heterocycles. The van der Waals surface area contributed by atoms with Crippen molar-refractivity contribution in [2.75, 3.05) is 46.5 Å². The zero-order chi connectivity index (χ0) is 26.9. The van der Waals surface area contributed by atoms with E-state index in [1.54, 1.807) is 12.1 Å². The van der Waals surface area contributed by atoms with Crippen molar-refractivity contribution in [1.29, 1.82) is 0 Å². The van der Waals surface area contributed by atoms with Crippen molar-refractivity contribution < 1.29 is 18.8 Å². The van der Waals surface area contributed by atoms with E-state index in [-0.39, 0.29) is 17.8 Å². The fraction of sp³-hybridized carbons (Fsp3) is 0.581. The highest BCUT2D eigenvalue weighted by Crippen LogP contribution is 2.38. The maximum atomic E-state index is 13.3. The van der Waals surface area contributed by atoms with Gasteiger partial charge in [0.15, 0.2) is 0 Å². The Morgan fingerprint density at radius 1 is 1.03 bits per heavy atom. The molecule has 1 saturated carbocycles. The third kappa shape index (κ3) is 8.84. The van der Waals surface area contributed by atoms with Crippen molar-refractivity contribution in [3.63, 3.8) is 0 Å². The highest BCUT2D eigenvalue weighted by molar-refractivity contribution is 7.60. The van der Waals surface area contributed by atoms with Gasteiger partial charge in [-0.1, -0.05) is 55.3 Å². The molecule has 0 radical (unpaired) electrons. The number of rotatable bonds is 10. The molecule has 1 aliphatic carbocycles. The van der Waals surface area contributed by atoms with Crippen LogP contribution in [0.1, 0.15) is 56.4 Å². The van der Waals surface area contributed by atoms with E-state index in [1.165, 1.54) is 62.7 Å². The van der Waals surface area contributed by atoms with E-state index in [1.807, 2.05) is 13.2 Å². The standard InChI is InChI=1S/C16H20FNO2.C15H24NOP/c17-14-3-1-2-12(9-14)13-6-7-18(10-13)15(16(19)20)8-11-4-5-11;1-16-11-8-14(9-12-16)10-13-18(17-2)15-6-4-3-5-7-15/h1-3,9,11,13,15H,4-8,10H2,(H,19,20);3-7,14H,8-13H2,1-2H3/t13?,15-;/m1./s1. The molecule has 3 atom stereocenters. The maximum Gasteiger partial charge on any atom is 0.320 e. The Hall–Kier alpha value is -1.85. The largest absolute Gasteiger partial charge is 0.480 e. The Labute approximate surface area is 229 Å². The lowest BCUT2D eigenvalue weighted by molar-refractivity contribution is -0.143. The van der Waals surface area contributed by atoms with Gasteiger partial charge >= 0.3 is 5.97 Å². The first-order chi connectivity index (χ1) is 18.4. The zero-order valence-corrected chi connectivity index (χ0v) is 23.9. The lowest BCUT2D eigenvalue weighted by Crippen LogP contribution is -2.40. The smallest absolute Gasteiger partial charge is 0.320 e. The molecule has 2 aromatic carbocycles. The number of aliphatic carboxylic acids is 1. The number of carboxylic acids is 1. The summed E-state index contributed by atoms with van der Waals surface area (Å²) < 4.78 is 19.0. The SMILES string of the molecule is COP(CCC1CCN(C)CC1)c1ccccc1.O=C(O)[C@@H](CC1CC1)N1CCC(c2cccc(F)c2)C1. The Balaban J connectivity index is 0.000000178. The summed E-state index contributed by atoms with van der Waals surface area (Å²) in [4.78, 5) is 15.9. The molecule has 2 aromatic rings. The van der Waals surface area contributed by atoms with Gasteiger partial charge in [-0.3, -0.25) is 9.69 Å². The molecule has 1 N–H and O–H groups in total. The van der Waals surface area contributed by atoms with E-state index in [4.69, 9.17) is 4.52 Å². The Bertz CT molecular complexity index is 998. The third-order valence-corrected chi connectivity index (χ3v) is 10.3. The van der Waals surface area contributed by atoms with Crippen LogP contribution >= 0.6 is 8.15 Å². The predicted molar refractivity (Wildman–Crippen MR) is 154 cm³/mol. The van der Waals surface area contributed by atoms with Crippen LogP contribution in [0, 0.1) is 17.7 Å². The van der Waals surface area contributed by atoms with Gasteiger partial charge < -0.3 is 14.5 Å². The lowest BCUT2D eigenvalue weighted by atomic mass is 9.95. The second kappa shape index (κ2) is 14.5. The fourth-order valence-electron chi connectivity index (χ4n) is 5.75. The van der Waals surface area contributed by atoms with Gasteiger partial charge in [0.2, 0.25) is 0 Å². The fourth-order valence-corrected chi connectivity index (χ4v) is 7.50. The van der Waals surface area contributed by atoms with Gasteiger partial charge in [0, 0.05) is 19.0 Å². The van der Waals surface area contributed by atoms with Crippen LogP contribution in [0.4, 0.5) is 4.39 Å². The summed E-state index contributed by atoms with van der Waals surface area (Å²) in [5.74, 6) is 0.839. The molecule has 3 fully saturated rings. The van der Waals surface area contributed by atoms with Crippen LogP contribution in [0.3, 0.4) is 0 Å². The molecular weight excluding hydrogens is 498 g/mol. The van der Waals surface area contributed by atoms with Crippen LogP contribution in [0.5, 0.6) is 0 Å². The van der Waals surface area contributed by atoms with Gasteiger partial charge in [-0.05, 0) is 100 Å². The normalized spacial score (nSPS) is 22.4. The molecule has 3 aliphatic rings. The monoisotopic (exact) mass is 542 g/mol. The second-order valence-corrected chi connectivity index (χ2v) is 13.3. The van der Waals surface area contributed by atoms with Crippen LogP contribution in [0.25, 0.3) is 0 Å². The molecule has 38 heavy (non-hydrogen) atoms. The molecule has 2 unspecified atom stereocenters. The van der Waals surface area contributed by atoms with E-state index in [9.17, 15) is 14.3 Å². The minimum absolute atomic E-state index is 0.214. The Morgan fingerprint density at radius 3 is 2.39 bits per heavy atom. The van der Waals surface area contributed by atoms with Crippen molar-refractivity contribution in [2.45, 2.75) is 56.9 Å². The van der Waals surface area contributed by atoms with Crippen LogP contribution in [-0.2, 0) is 9.32 Å². The molecule has 2 heterocycles. The van der Waals surface area contributed by atoms with Gasteiger partial charge in [0.1, 0.15) is 11.9 Å². The summed E-state index contributed by atoms with van der Waals surface area (Å²) in [7, 11) is 3.68. The maximum absolute atomic E-state index is 13.3. The molecule has 7 heteroatoms. The number of piperidine rings is 1. The zero-order valence-electron chi connectivity index (χ0n) is 23.0. The lowest BCUT2D eigenvalue weighted by Gasteiger charge is -2.29. The van der Waals surface area contributed by atoms with E-state index < -0.39 is 14.1 Å². The number of carboxylic acid groups (broad SMARTS) is 1. The molecule has 0 amide bonds. The average Bonchev–Trinajstić information content (AvgIpc) is 3.62. The number of carbonyl (C=O) groups is 1. The molecule has 0 spiro atoms. The summed E-state index contributed by atoms with van der Waals surface area (Å²) in [6, 6.07) is 17.0. The molecule has 2 aliphatic heterocycles. The minimum Gasteiger partial charge on any atom is -0.480 e. The predicted octanol–water partition coefficient (Wildman–Crippen LogP) is 5.96. The number of halogens is 1. The minimum atomic E-state index is -0.711. The van der Waals surface area contributed by atoms with Crippen molar-refractivity contribution in [2.24, 2.45) is 11.8 Å². The quantitative estimate of drug-likeness (QED) is 0.376. The topological polar surface area (TPSA) is 53.0 Å². The van der Waals surface area contributed by atoms with Crippen molar-refractivity contribution in [3.05, 3.63) is 66.0 Å². The number of hydrogen-bond acceptors (Lipinski definition) is 4. The Kier molecular flexibility index (Phi) is 11.1. The van der Waals surface area contributed by atoms with Crippen molar-refractivity contribution in [3.8, 4) is 0 Å². The highest BCUT2D eigenvalue weighted by atomic mass is 31.1. The van der Waals surface area contributed by atoms with Crippen LogP contribution in [0.2, 0.25) is 0 Å². The third-order valence-electron chi connectivity index (χ3n) is 8.36. The summed E-state index contributed by atoms with van der Waals surface area (Å²) in [5.41, 5.74) is 0.989. The molecule has 5 nitrogen and oxygen atoms in total. The summed E-state index contributed by atoms with van der Waals surface area (Å²) in [5, 5.41) is 10.8. The summed E-state index contributed by atoms with van der Waals surface area (Å²) in [6.45, 7) is 4.06. The first kappa shape index (κ1) is 29.1. The van der Waals surface area contributed by atoms with E-state index in [0.29, 0.717) is 5.92 Å². The van der Waals surface area contributed by atoms with Crippen LogP contribution in [-0.4, -0.2) is 73.4 Å². The van der Waals surface area contributed by atoms with E-state index in [0.717, 1.165) is 37.4 Å². The summed E-state index contributed by atoms with van der Waals surface area (Å²) in [6.07, 6.45) is 9.28.